The third-order valence-corrected chi connectivity index (χ3v) is 3.46. The number of methoxy groups -OCH3 is 2. The third kappa shape index (κ3) is 5.53. The van der Waals surface area contributed by atoms with Gasteiger partial charge in [-0.05, 0) is 54.5 Å². The molecule has 0 aliphatic carbocycles. The van der Waals surface area contributed by atoms with Gasteiger partial charge in [-0.1, -0.05) is 30.4 Å². The first-order chi connectivity index (χ1) is 12.2. The normalized spacial score (nSPS) is 11.0. The van der Waals surface area contributed by atoms with E-state index in [1.54, 1.807) is 26.4 Å². The SMILES string of the molecule is CCOc1cc(/C=C\C(=O)/C=C\c2cccc(OC)c2)ccc1OC. The molecule has 0 unspecified atom stereocenters. The Balaban J connectivity index is 2.06. The van der Waals surface area contributed by atoms with Crippen molar-refractivity contribution < 1.29 is 19.0 Å². The van der Waals surface area contributed by atoms with Crippen molar-refractivity contribution in [3.63, 3.8) is 0 Å². The number of rotatable bonds is 8. The van der Waals surface area contributed by atoms with Crippen molar-refractivity contribution in [2.75, 3.05) is 20.8 Å². The van der Waals surface area contributed by atoms with Crippen LogP contribution in [0.5, 0.6) is 17.2 Å². The molecule has 0 aliphatic rings. The van der Waals surface area contributed by atoms with E-state index < -0.39 is 0 Å². The molecule has 0 saturated carbocycles. The molecule has 0 fully saturated rings. The number of benzene rings is 2. The van der Waals surface area contributed by atoms with Crippen LogP contribution in [0.25, 0.3) is 12.2 Å². The zero-order chi connectivity index (χ0) is 18.1. The molecule has 0 N–H and O–H groups in total. The maximum Gasteiger partial charge on any atom is 0.178 e. The quantitative estimate of drug-likeness (QED) is 0.669. The first-order valence-electron chi connectivity index (χ1n) is 8.01. The first-order valence-corrected chi connectivity index (χ1v) is 8.01. The van der Waals surface area contributed by atoms with E-state index in [1.807, 2.05) is 49.4 Å². The summed E-state index contributed by atoms with van der Waals surface area (Å²) in [5.74, 6) is 1.98. The number of carbonyl (C=O) groups excluding carboxylic acids is 1. The van der Waals surface area contributed by atoms with Crippen LogP contribution < -0.4 is 14.2 Å². The smallest absolute Gasteiger partial charge is 0.178 e. The van der Waals surface area contributed by atoms with Gasteiger partial charge in [0.05, 0.1) is 20.8 Å². The summed E-state index contributed by atoms with van der Waals surface area (Å²) < 4.78 is 15.9. The summed E-state index contributed by atoms with van der Waals surface area (Å²) in [7, 11) is 3.21. The van der Waals surface area contributed by atoms with E-state index in [0.717, 1.165) is 16.9 Å². The van der Waals surface area contributed by atoms with Crippen molar-refractivity contribution >= 4 is 17.9 Å². The van der Waals surface area contributed by atoms with Gasteiger partial charge < -0.3 is 14.2 Å². The Morgan fingerprint density at radius 2 is 1.64 bits per heavy atom. The molecule has 0 aromatic heterocycles. The topological polar surface area (TPSA) is 44.8 Å². The molecule has 2 aromatic carbocycles. The van der Waals surface area contributed by atoms with E-state index in [4.69, 9.17) is 14.2 Å². The molecule has 130 valence electrons. The average Bonchev–Trinajstić information content (AvgIpc) is 2.65. The minimum absolute atomic E-state index is 0.100. The second-order valence-corrected chi connectivity index (χ2v) is 5.19. The van der Waals surface area contributed by atoms with Crippen LogP contribution in [0.15, 0.2) is 54.6 Å². The monoisotopic (exact) mass is 338 g/mol. The number of hydrogen-bond donors (Lipinski definition) is 0. The molecule has 0 aliphatic heterocycles. The first kappa shape index (κ1) is 18.3. The van der Waals surface area contributed by atoms with E-state index >= 15 is 0 Å². The molecule has 0 heterocycles. The highest BCUT2D eigenvalue weighted by Crippen LogP contribution is 2.28. The fourth-order valence-corrected chi connectivity index (χ4v) is 2.22. The van der Waals surface area contributed by atoms with Crippen LogP contribution in [0, 0.1) is 0 Å². The van der Waals surface area contributed by atoms with Gasteiger partial charge in [-0.15, -0.1) is 0 Å². The summed E-state index contributed by atoms with van der Waals surface area (Å²) in [5, 5.41) is 0. The molecule has 4 nitrogen and oxygen atoms in total. The predicted octanol–water partition coefficient (Wildman–Crippen LogP) is 4.40. The van der Waals surface area contributed by atoms with E-state index in [1.165, 1.54) is 12.2 Å². The van der Waals surface area contributed by atoms with E-state index in [0.29, 0.717) is 18.1 Å². The lowest BCUT2D eigenvalue weighted by Crippen LogP contribution is -1.95. The van der Waals surface area contributed by atoms with E-state index in [9.17, 15) is 4.79 Å². The number of allylic oxidation sites excluding steroid dienone is 2. The van der Waals surface area contributed by atoms with E-state index in [2.05, 4.69) is 0 Å². The van der Waals surface area contributed by atoms with Crippen molar-refractivity contribution in [1.82, 2.24) is 0 Å². The molecule has 0 saturated heterocycles. The van der Waals surface area contributed by atoms with Gasteiger partial charge >= 0.3 is 0 Å². The highest BCUT2D eigenvalue weighted by atomic mass is 16.5. The van der Waals surface area contributed by atoms with Crippen LogP contribution in [-0.2, 0) is 4.79 Å². The summed E-state index contributed by atoms with van der Waals surface area (Å²) >= 11 is 0. The Labute approximate surface area is 148 Å². The Hall–Kier alpha value is -3.01. The van der Waals surface area contributed by atoms with Gasteiger partial charge in [0.2, 0.25) is 0 Å². The van der Waals surface area contributed by atoms with Crippen LogP contribution in [0.4, 0.5) is 0 Å². The molecule has 2 aromatic rings. The maximum atomic E-state index is 12.0. The van der Waals surface area contributed by atoms with Crippen LogP contribution in [0.2, 0.25) is 0 Å². The second-order valence-electron chi connectivity index (χ2n) is 5.19. The summed E-state index contributed by atoms with van der Waals surface area (Å²) in [6, 6.07) is 13.1. The molecular formula is C21H22O4. The number of hydrogen-bond acceptors (Lipinski definition) is 4. The lowest BCUT2D eigenvalue weighted by Gasteiger charge is -2.09. The zero-order valence-corrected chi connectivity index (χ0v) is 14.7. The zero-order valence-electron chi connectivity index (χ0n) is 14.7. The van der Waals surface area contributed by atoms with E-state index in [-0.39, 0.29) is 5.78 Å². The average molecular weight is 338 g/mol. The fraction of sp³-hybridized carbons (Fsp3) is 0.190. The molecule has 0 bridgehead atoms. The molecule has 0 radical (unpaired) electrons. The lowest BCUT2D eigenvalue weighted by atomic mass is 10.1. The van der Waals surface area contributed by atoms with Crippen LogP contribution in [0.3, 0.4) is 0 Å². The molecule has 2 rings (SSSR count). The summed E-state index contributed by atoms with van der Waals surface area (Å²) in [6.07, 6.45) is 6.56. The second kappa shape index (κ2) is 9.33. The van der Waals surface area contributed by atoms with Gasteiger partial charge in [-0.3, -0.25) is 4.79 Å². The fourth-order valence-electron chi connectivity index (χ4n) is 2.22. The van der Waals surface area contributed by atoms with Gasteiger partial charge in [0.25, 0.3) is 0 Å². The summed E-state index contributed by atoms with van der Waals surface area (Å²) in [4.78, 5) is 12.0. The number of carbonyl (C=O) groups is 1. The van der Waals surface area contributed by atoms with Crippen molar-refractivity contribution in [2.45, 2.75) is 6.92 Å². The van der Waals surface area contributed by atoms with Crippen molar-refractivity contribution in [3.05, 3.63) is 65.7 Å². The van der Waals surface area contributed by atoms with Crippen LogP contribution in [0.1, 0.15) is 18.1 Å². The van der Waals surface area contributed by atoms with Crippen LogP contribution in [-0.4, -0.2) is 26.6 Å². The molecule has 0 spiro atoms. The summed E-state index contributed by atoms with van der Waals surface area (Å²) in [6.45, 7) is 2.46. The Morgan fingerprint density at radius 3 is 2.28 bits per heavy atom. The predicted molar refractivity (Wildman–Crippen MR) is 100 cm³/mol. The third-order valence-electron chi connectivity index (χ3n) is 3.46. The van der Waals surface area contributed by atoms with Crippen molar-refractivity contribution in [3.8, 4) is 17.2 Å². The minimum Gasteiger partial charge on any atom is -0.497 e. The number of ether oxygens (including phenoxy) is 3. The molecule has 0 amide bonds. The molecule has 25 heavy (non-hydrogen) atoms. The largest absolute Gasteiger partial charge is 0.497 e. The molecule has 4 heteroatoms. The molecule has 0 atom stereocenters. The standard InChI is InChI=1S/C21H22O4/c1-4-25-21-15-17(10-13-20(21)24-3)9-12-18(22)11-8-16-6-5-7-19(14-16)23-2/h5-15H,4H2,1-3H3/b11-8-,12-9-. The highest BCUT2D eigenvalue weighted by Gasteiger charge is 2.04. The van der Waals surface area contributed by atoms with Gasteiger partial charge in [-0.2, -0.15) is 0 Å². The number of ketones is 1. The van der Waals surface area contributed by atoms with Gasteiger partial charge in [-0.25, -0.2) is 0 Å². The lowest BCUT2D eigenvalue weighted by molar-refractivity contribution is -0.110. The highest BCUT2D eigenvalue weighted by molar-refractivity contribution is 6.04. The molecular weight excluding hydrogens is 316 g/mol. The maximum absolute atomic E-state index is 12.0. The minimum atomic E-state index is -0.100. The van der Waals surface area contributed by atoms with Crippen molar-refractivity contribution in [2.24, 2.45) is 0 Å². The van der Waals surface area contributed by atoms with Gasteiger partial charge in [0.15, 0.2) is 17.3 Å². The Bertz CT molecular complexity index is 775. The Kier molecular flexibility index (Phi) is 6.84. The Morgan fingerprint density at radius 1 is 0.920 bits per heavy atom. The summed E-state index contributed by atoms with van der Waals surface area (Å²) in [5.41, 5.74) is 1.77. The van der Waals surface area contributed by atoms with Crippen molar-refractivity contribution in [1.29, 1.82) is 0 Å². The van der Waals surface area contributed by atoms with Gasteiger partial charge in [0.1, 0.15) is 5.75 Å². The van der Waals surface area contributed by atoms with Crippen LogP contribution >= 0.6 is 0 Å². The van der Waals surface area contributed by atoms with Gasteiger partial charge in [0, 0.05) is 0 Å².